The van der Waals surface area contributed by atoms with Crippen molar-refractivity contribution >= 4 is 11.9 Å². The van der Waals surface area contributed by atoms with Crippen molar-refractivity contribution in [2.75, 3.05) is 13.7 Å². The lowest BCUT2D eigenvalue weighted by molar-refractivity contribution is -0.139. The third kappa shape index (κ3) is 2.94. The Morgan fingerprint density at radius 3 is 2.86 bits per heavy atom. The van der Waals surface area contributed by atoms with Crippen molar-refractivity contribution in [3.63, 3.8) is 0 Å². The molecular formula is C11H12N6O4. The summed E-state index contributed by atoms with van der Waals surface area (Å²) in [6.45, 7) is 1.27. The minimum absolute atomic E-state index is 0.205. The Labute approximate surface area is 118 Å². The monoisotopic (exact) mass is 292 g/mol. The van der Waals surface area contributed by atoms with Gasteiger partial charge in [0.2, 0.25) is 5.82 Å². The molecule has 0 unspecified atom stereocenters. The van der Waals surface area contributed by atoms with Crippen LogP contribution in [0.5, 0.6) is 5.75 Å². The summed E-state index contributed by atoms with van der Waals surface area (Å²) in [7, 11) is 1.20. The summed E-state index contributed by atoms with van der Waals surface area (Å²) in [5.41, 5.74) is 0.601. The van der Waals surface area contributed by atoms with Crippen LogP contribution >= 0.6 is 0 Å². The highest BCUT2D eigenvalue weighted by Crippen LogP contribution is 2.28. The van der Waals surface area contributed by atoms with E-state index in [1.165, 1.54) is 13.3 Å². The van der Waals surface area contributed by atoms with Crippen LogP contribution in [0.3, 0.4) is 0 Å². The Morgan fingerprint density at radius 2 is 2.24 bits per heavy atom. The molecule has 10 heteroatoms. The number of nitrogens with one attached hydrogen (secondary N) is 2. The third-order valence-corrected chi connectivity index (χ3v) is 2.73. The molecule has 2 aromatic heterocycles. The average molecular weight is 292 g/mol. The van der Waals surface area contributed by atoms with Crippen LogP contribution in [0.1, 0.15) is 16.1 Å². The van der Waals surface area contributed by atoms with E-state index in [9.17, 15) is 14.7 Å². The molecule has 3 N–H and O–H groups in total. The first-order valence-electron chi connectivity index (χ1n) is 5.82. The number of rotatable bonds is 4. The van der Waals surface area contributed by atoms with E-state index in [1.807, 2.05) is 0 Å². The molecule has 0 saturated carbocycles. The van der Waals surface area contributed by atoms with E-state index in [0.717, 1.165) is 0 Å². The molecule has 0 aliphatic rings. The molecular weight excluding hydrogens is 280 g/mol. The Kier molecular flexibility index (Phi) is 4.07. The number of aromatic nitrogens is 5. The maximum Gasteiger partial charge on any atom is 0.325 e. The van der Waals surface area contributed by atoms with Gasteiger partial charge in [-0.05, 0) is 12.1 Å². The van der Waals surface area contributed by atoms with Gasteiger partial charge in [-0.25, -0.2) is 4.98 Å². The third-order valence-electron chi connectivity index (χ3n) is 2.73. The second-order valence-electron chi connectivity index (χ2n) is 3.99. The zero-order chi connectivity index (χ0) is 15.4. The van der Waals surface area contributed by atoms with Crippen molar-refractivity contribution in [2.45, 2.75) is 6.92 Å². The summed E-state index contributed by atoms with van der Waals surface area (Å²) in [4.78, 5) is 26.7. The van der Waals surface area contributed by atoms with Gasteiger partial charge in [-0.2, -0.15) is 5.21 Å². The molecule has 21 heavy (non-hydrogen) atoms. The van der Waals surface area contributed by atoms with Gasteiger partial charge in [0, 0.05) is 17.3 Å². The molecule has 0 spiro atoms. The van der Waals surface area contributed by atoms with E-state index < -0.39 is 11.9 Å². The standard InChI is InChI=1S/C11H12N6O4/c1-5-6(10-14-16-17-15-10)3-12-8(9(5)19)11(20)13-4-7(18)21-2/h3,19H,4H2,1-2H3,(H,13,20)(H,14,15,16,17). The highest BCUT2D eigenvalue weighted by molar-refractivity contribution is 5.97. The van der Waals surface area contributed by atoms with E-state index in [0.29, 0.717) is 11.1 Å². The molecule has 0 aromatic carbocycles. The van der Waals surface area contributed by atoms with E-state index in [4.69, 9.17) is 0 Å². The smallest absolute Gasteiger partial charge is 0.325 e. The maximum atomic E-state index is 11.8. The molecule has 0 radical (unpaired) electrons. The zero-order valence-corrected chi connectivity index (χ0v) is 11.2. The van der Waals surface area contributed by atoms with Crippen LogP contribution in [0.15, 0.2) is 6.20 Å². The number of tetrazole rings is 1. The Balaban J connectivity index is 2.24. The molecule has 2 heterocycles. The number of aromatic hydroxyl groups is 1. The van der Waals surface area contributed by atoms with Gasteiger partial charge in [-0.3, -0.25) is 9.59 Å². The van der Waals surface area contributed by atoms with Crippen molar-refractivity contribution in [3.05, 3.63) is 17.5 Å². The second-order valence-corrected chi connectivity index (χ2v) is 3.99. The van der Waals surface area contributed by atoms with E-state index in [-0.39, 0.29) is 23.8 Å². The zero-order valence-electron chi connectivity index (χ0n) is 11.2. The molecule has 2 aromatic rings. The number of carbonyl (C=O) groups is 2. The molecule has 110 valence electrons. The fraction of sp³-hybridized carbons (Fsp3) is 0.273. The van der Waals surface area contributed by atoms with Crippen molar-refractivity contribution in [1.29, 1.82) is 0 Å². The van der Waals surface area contributed by atoms with Crippen LogP contribution in [0.4, 0.5) is 0 Å². The van der Waals surface area contributed by atoms with E-state index >= 15 is 0 Å². The first-order chi connectivity index (χ1) is 10.0. The predicted octanol–water partition coefficient (Wildman–Crippen LogP) is -0.821. The minimum atomic E-state index is -0.694. The van der Waals surface area contributed by atoms with Crippen LogP contribution < -0.4 is 5.32 Å². The van der Waals surface area contributed by atoms with Crippen LogP contribution in [-0.4, -0.2) is 56.2 Å². The van der Waals surface area contributed by atoms with Gasteiger partial charge in [0.05, 0.1) is 7.11 Å². The molecule has 0 atom stereocenters. The van der Waals surface area contributed by atoms with E-state index in [1.54, 1.807) is 6.92 Å². The topological polar surface area (TPSA) is 143 Å². The van der Waals surface area contributed by atoms with Crippen LogP contribution in [0, 0.1) is 6.92 Å². The maximum absolute atomic E-state index is 11.8. The fourth-order valence-electron chi connectivity index (χ4n) is 1.57. The van der Waals surface area contributed by atoms with Gasteiger partial charge in [0.1, 0.15) is 6.54 Å². The number of pyridine rings is 1. The summed E-state index contributed by atoms with van der Waals surface area (Å²) in [6.07, 6.45) is 1.34. The molecule has 10 nitrogen and oxygen atoms in total. The highest BCUT2D eigenvalue weighted by Gasteiger charge is 2.19. The molecule has 2 rings (SSSR count). The normalized spacial score (nSPS) is 10.2. The molecule has 0 fully saturated rings. The quantitative estimate of drug-likeness (QED) is 0.620. The molecule has 0 aliphatic carbocycles. The number of H-pyrrole nitrogens is 1. The number of esters is 1. The minimum Gasteiger partial charge on any atom is -0.505 e. The lowest BCUT2D eigenvalue weighted by Gasteiger charge is -2.09. The number of aromatic amines is 1. The molecule has 1 amide bonds. The number of amides is 1. The number of methoxy groups -OCH3 is 1. The Bertz CT molecular complexity index is 670. The van der Waals surface area contributed by atoms with Crippen molar-refractivity contribution in [1.82, 2.24) is 30.9 Å². The van der Waals surface area contributed by atoms with Crippen LogP contribution in [-0.2, 0) is 9.53 Å². The number of ether oxygens (including phenoxy) is 1. The first kappa shape index (κ1) is 14.4. The van der Waals surface area contributed by atoms with Gasteiger partial charge < -0.3 is 15.2 Å². The number of hydrogen-bond donors (Lipinski definition) is 3. The van der Waals surface area contributed by atoms with Crippen molar-refractivity contribution < 1.29 is 19.4 Å². The van der Waals surface area contributed by atoms with Crippen LogP contribution in [0.2, 0.25) is 0 Å². The average Bonchev–Trinajstić information content (AvgIpc) is 3.01. The van der Waals surface area contributed by atoms with Crippen molar-refractivity contribution in [2.24, 2.45) is 0 Å². The van der Waals surface area contributed by atoms with Gasteiger partial charge in [-0.1, -0.05) is 0 Å². The SMILES string of the molecule is COC(=O)CNC(=O)c1ncc(-c2nn[nH]n2)c(C)c1O. The fourth-order valence-corrected chi connectivity index (χ4v) is 1.57. The summed E-state index contributed by atoms with van der Waals surface area (Å²) in [5.74, 6) is -1.37. The number of nitrogens with zero attached hydrogens (tertiary/aromatic N) is 4. The van der Waals surface area contributed by atoms with Gasteiger partial charge >= 0.3 is 5.97 Å². The summed E-state index contributed by atoms with van der Waals surface area (Å²) >= 11 is 0. The number of hydrogen-bond acceptors (Lipinski definition) is 8. The highest BCUT2D eigenvalue weighted by atomic mass is 16.5. The lowest BCUT2D eigenvalue weighted by Crippen LogP contribution is -2.30. The largest absolute Gasteiger partial charge is 0.505 e. The summed E-state index contributed by atoms with van der Waals surface area (Å²) < 4.78 is 4.40. The summed E-state index contributed by atoms with van der Waals surface area (Å²) in [6, 6.07) is 0. The van der Waals surface area contributed by atoms with E-state index in [2.05, 4.69) is 35.7 Å². The second kappa shape index (κ2) is 5.94. The van der Waals surface area contributed by atoms with Gasteiger partial charge in [0.15, 0.2) is 11.4 Å². The Hall–Kier alpha value is -3.04. The van der Waals surface area contributed by atoms with Crippen LogP contribution in [0.25, 0.3) is 11.4 Å². The van der Waals surface area contributed by atoms with Gasteiger partial charge in [0.25, 0.3) is 5.91 Å². The predicted molar refractivity (Wildman–Crippen MR) is 68.2 cm³/mol. The molecule has 0 bridgehead atoms. The Morgan fingerprint density at radius 1 is 1.48 bits per heavy atom. The van der Waals surface area contributed by atoms with Crippen molar-refractivity contribution in [3.8, 4) is 17.1 Å². The molecule has 0 saturated heterocycles. The lowest BCUT2D eigenvalue weighted by atomic mass is 10.1. The first-order valence-corrected chi connectivity index (χ1v) is 5.82. The number of carbonyl (C=O) groups excluding carboxylic acids is 2. The molecule has 0 aliphatic heterocycles. The van der Waals surface area contributed by atoms with Gasteiger partial charge in [-0.15, -0.1) is 10.2 Å². The summed E-state index contributed by atoms with van der Waals surface area (Å²) in [5, 5.41) is 25.6.